The van der Waals surface area contributed by atoms with Crippen molar-refractivity contribution in [3.05, 3.63) is 11.7 Å². The molecule has 0 bridgehead atoms. The molecule has 1 fully saturated rings. The summed E-state index contributed by atoms with van der Waals surface area (Å²) in [4.78, 5) is 0. The van der Waals surface area contributed by atoms with Crippen LogP contribution in [0, 0.1) is 0 Å². The third-order valence-corrected chi connectivity index (χ3v) is 3.81. The third-order valence-electron chi connectivity index (χ3n) is 3.81. The largest absolute Gasteiger partial charge is 0.504 e. The lowest BCUT2D eigenvalue weighted by molar-refractivity contribution is -0.300. The summed E-state index contributed by atoms with van der Waals surface area (Å²) in [5.41, 5.74) is 10.8. The zero-order chi connectivity index (χ0) is 17.3. The average Bonchev–Trinajstić information content (AvgIpc) is 2.55. The van der Waals surface area contributed by atoms with Gasteiger partial charge in [-0.25, -0.2) is 0 Å². The maximum absolute atomic E-state index is 9.88. The number of ether oxygens (including phenoxy) is 3. The highest BCUT2D eigenvalue weighted by molar-refractivity contribution is 5.09. The van der Waals surface area contributed by atoms with Gasteiger partial charge in [0.1, 0.15) is 42.7 Å². The van der Waals surface area contributed by atoms with E-state index in [0.717, 1.165) is 0 Å². The van der Waals surface area contributed by atoms with Gasteiger partial charge in [0.2, 0.25) is 12.0 Å². The van der Waals surface area contributed by atoms with Crippen molar-refractivity contribution in [1.82, 2.24) is 0 Å². The van der Waals surface area contributed by atoms with E-state index in [2.05, 4.69) is 0 Å². The molecule has 134 valence electrons. The number of hydrogen-bond acceptors (Lipinski definition) is 11. The zero-order valence-corrected chi connectivity index (χ0v) is 12.1. The monoisotopic (exact) mass is 338 g/mol. The van der Waals surface area contributed by atoms with E-state index in [1.807, 2.05) is 0 Å². The van der Waals surface area contributed by atoms with Gasteiger partial charge in [0.25, 0.3) is 0 Å². The van der Waals surface area contributed by atoms with Crippen LogP contribution in [0.4, 0.5) is 0 Å². The second kappa shape index (κ2) is 7.15. The van der Waals surface area contributed by atoms with Crippen LogP contribution in [-0.4, -0.2) is 92.7 Å². The van der Waals surface area contributed by atoms with Crippen LogP contribution in [0.2, 0.25) is 0 Å². The van der Waals surface area contributed by atoms with Crippen LogP contribution < -0.4 is 11.5 Å². The highest BCUT2D eigenvalue weighted by atomic mass is 16.8. The highest BCUT2D eigenvalue weighted by Crippen LogP contribution is 2.29. The quantitative estimate of drug-likeness (QED) is 0.246. The molecule has 8 atom stereocenters. The maximum Gasteiger partial charge on any atom is 0.324 e. The van der Waals surface area contributed by atoms with Crippen LogP contribution in [0.5, 0.6) is 0 Å². The van der Waals surface area contributed by atoms with E-state index in [4.69, 9.17) is 25.7 Å². The van der Waals surface area contributed by atoms with E-state index >= 15 is 0 Å². The van der Waals surface area contributed by atoms with Crippen LogP contribution in [-0.2, 0) is 14.2 Å². The van der Waals surface area contributed by atoms with Crippen LogP contribution in [0.1, 0.15) is 0 Å². The number of hydrogen-bond donors (Lipinski definition) is 8. The fourth-order valence-electron chi connectivity index (χ4n) is 2.34. The van der Waals surface area contributed by atoms with Crippen LogP contribution in [0.3, 0.4) is 0 Å². The summed E-state index contributed by atoms with van der Waals surface area (Å²) in [6.45, 7) is -0.345. The second-order valence-corrected chi connectivity index (χ2v) is 5.37. The molecule has 2 aliphatic rings. The number of aliphatic hydroxyl groups is 6. The molecular formula is C12H22N2O9. The number of rotatable bonds is 4. The van der Waals surface area contributed by atoms with Crippen molar-refractivity contribution in [1.29, 1.82) is 0 Å². The fraction of sp³-hybridized carbons (Fsp3) is 0.833. The molecule has 0 aromatic heterocycles. The average molecular weight is 338 g/mol. The Labute approximate surface area is 131 Å². The van der Waals surface area contributed by atoms with Crippen molar-refractivity contribution in [3.63, 3.8) is 0 Å². The molecule has 5 unspecified atom stereocenters. The first kappa shape index (κ1) is 18.2. The molecule has 0 aromatic carbocycles. The Kier molecular flexibility index (Phi) is 5.65. The molecule has 0 amide bonds. The first-order valence-electron chi connectivity index (χ1n) is 7.04. The summed E-state index contributed by atoms with van der Waals surface area (Å²) in [5, 5.41) is 58.5. The summed E-state index contributed by atoms with van der Waals surface area (Å²) >= 11 is 0. The van der Waals surface area contributed by atoms with Gasteiger partial charge < -0.3 is 56.3 Å². The molecule has 0 aliphatic carbocycles. The predicted molar refractivity (Wildman–Crippen MR) is 72.4 cm³/mol. The topological polar surface area (TPSA) is 201 Å². The fourth-order valence-corrected chi connectivity index (χ4v) is 2.34. The van der Waals surface area contributed by atoms with Gasteiger partial charge in [-0.05, 0) is 0 Å². The van der Waals surface area contributed by atoms with Crippen LogP contribution in [0.25, 0.3) is 0 Å². The van der Waals surface area contributed by atoms with Gasteiger partial charge in [-0.3, -0.25) is 0 Å². The van der Waals surface area contributed by atoms with Crippen molar-refractivity contribution in [2.45, 2.75) is 49.0 Å². The van der Waals surface area contributed by atoms with E-state index in [1.54, 1.807) is 0 Å². The Hall–Kier alpha value is -1.18. The first-order valence-corrected chi connectivity index (χ1v) is 7.04. The van der Waals surface area contributed by atoms with Crippen molar-refractivity contribution < 1.29 is 44.8 Å². The lowest BCUT2D eigenvalue weighted by Gasteiger charge is -2.41. The smallest absolute Gasteiger partial charge is 0.324 e. The van der Waals surface area contributed by atoms with Gasteiger partial charge >= 0.3 is 5.95 Å². The van der Waals surface area contributed by atoms with E-state index < -0.39 is 60.7 Å². The number of aliphatic hydroxyl groups excluding tert-OH is 6. The van der Waals surface area contributed by atoms with Gasteiger partial charge in [0.05, 0.1) is 0 Å². The summed E-state index contributed by atoms with van der Waals surface area (Å²) in [6.07, 6.45) is -11.5. The minimum Gasteiger partial charge on any atom is -0.504 e. The van der Waals surface area contributed by atoms with Crippen molar-refractivity contribution in [3.8, 4) is 0 Å². The molecule has 11 heteroatoms. The van der Waals surface area contributed by atoms with E-state index in [-0.39, 0.29) is 13.1 Å². The molecular weight excluding hydrogens is 316 g/mol. The van der Waals surface area contributed by atoms with Gasteiger partial charge in [-0.1, -0.05) is 0 Å². The molecule has 2 aliphatic heterocycles. The van der Waals surface area contributed by atoms with Gasteiger partial charge in [0.15, 0.2) is 0 Å². The highest BCUT2D eigenvalue weighted by Gasteiger charge is 2.47. The summed E-state index contributed by atoms with van der Waals surface area (Å²) in [7, 11) is 0. The minimum atomic E-state index is -1.70. The molecule has 0 aromatic rings. The Morgan fingerprint density at radius 1 is 0.870 bits per heavy atom. The molecule has 23 heavy (non-hydrogen) atoms. The third kappa shape index (κ3) is 3.36. The molecule has 10 N–H and O–H groups in total. The minimum absolute atomic E-state index is 0.163. The normalized spacial score (nSPS) is 44.8. The van der Waals surface area contributed by atoms with E-state index in [1.165, 1.54) is 0 Å². The molecule has 0 radical (unpaired) electrons. The standard InChI is InChI=1S/C12H22N2O9/c13-1-3-5(15)7(17)9(19)11(21-3)23-12-10(20)8(18)6(16)4(2-14)22-12/h3-9,11,15-20H,1-2,13-14H2/t3?,4?,5-,6-,7?,8?,9?,11-/m1/s1. The van der Waals surface area contributed by atoms with Gasteiger partial charge in [-0.2, -0.15) is 0 Å². The maximum atomic E-state index is 9.88. The van der Waals surface area contributed by atoms with E-state index in [9.17, 15) is 30.6 Å². The van der Waals surface area contributed by atoms with Gasteiger partial charge in [-0.15, -0.1) is 0 Å². The lowest BCUT2D eigenvalue weighted by atomic mass is 9.99. The Bertz CT molecular complexity index is 446. The predicted octanol–water partition coefficient (Wildman–Crippen LogP) is -4.42. The molecule has 2 rings (SSSR count). The lowest BCUT2D eigenvalue weighted by Crippen LogP contribution is -2.60. The van der Waals surface area contributed by atoms with Crippen molar-refractivity contribution in [2.24, 2.45) is 11.5 Å². The van der Waals surface area contributed by atoms with Crippen LogP contribution in [0.15, 0.2) is 11.7 Å². The molecule has 1 saturated heterocycles. The van der Waals surface area contributed by atoms with Crippen molar-refractivity contribution in [2.75, 3.05) is 13.1 Å². The van der Waals surface area contributed by atoms with Crippen molar-refractivity contribution >= 4 is 0 Å². The molecule has 11 nitrogen and oxygen atoms in total. The zero-order valence-electron chi connectivity index (χ0n) is 12.1. The Balaban J connectivity index is 2.16. The SMILES string of the molecule is NCC1OC(O[C@H]2OC(CN)[C@@H](O)C(O)C2O)=C(O)C(O)[C@@H]1O. The molecule has 2 heterocycles. The van der Waals surface area contributed by atoms with Crippen LogP contribution >= 0.6 is 0 Å². The number of nitrogens with two attached hydrogens (primary N) is 2. The molecule has 0 saturated carbocycles. The first-order chi connectivity index (χ1) is 10.8. The molecule has 0 spiro atoms. The van der Waals surface area contributed by atoms with E-state index in [0.29, 0.717) is 0 Å². The Morgan fingerprint density at radius 2 is 1.48 bits per heavy atom. The Morgan fingerprint density at radius 3 is 2.04 bits per heavy atom. The summed E-state index contributed by atoms with van der Waals surface area (Å²) in [6, 6.07) is 0. The van der Waals surface area contributed by atoms with Gasteiger partial charge in [0, 0.05) is 13.1 Å². The summed E-state index contributed by atoms with van der Waals surface area (Å²) < 4.78 is 15.5. The second-order valence-electron chi connectivity index (χ2n) is 5.37. The summed E-state index contributed by atoms with van der Waals surface area (Å²) in [5.74, 6) is -1.43.